The number of carbonyl (C=O) groups is 1. The van der Waals surface area contributed by atoms with E-state index in [2.05, 4.69) is 24.0 Å². The molecule has 0 unspecified atom stereocenters. The Kier molecular flexibility index (Phi) is 8.02. The highest BCUT2D eigenvalue weighted by Gasteiger charge is 2.27. The summed E-state index contributed by atoms with van der Waals surface area (Å²) in [5, 5.41) is 19.2. The highest BCUT2D eigenvalue weighted by atomic mass is 16.5. The molecule has 1 aromatic heterocycles. The number of amides is 1. The van der Waals surface area contributed by atoms with Crippen molar-refractivity contribution >= 4 is 6.09 Å². The Bertz CT molecular complexity index is 1200. The Balaban J connectivity index is 1.82. The van der Waals surface area contributed by atoms with Gasteiger partial charge in [-0.1, -0.05) is 36.4 Å². The van der Waals surface area contributed by atoms with Crippen LogP contribution in [0.5, 0.6) is 11.8 Å². The summed E-state index contributed by atoms with van der Waals surface area (Å²) >= 11 is 0. The van der Waals surface area contributed by atoms with Crippen molar-refractivity contribution in [1.82, 2.24) is 9.88 Å². The average molecular weight is 479 g/mol. The molecule has 0 saturated carbocycles. The van der Waals surface area contributed by atoms with Crippen molar-refractivity contribution in [3.8, 4) is 22.9 Å². The summed E-state index contributed by atoms with van der Waals surface area (Å²) in [5.41, 5.74) is 6.36. The van der Waals surface area contributed by atoms with Gasteiger partial charge in [-0.3, -0.25) is 4.90 Å². The molecule has 0 atom stereocenters. The molecular weight excluding hydrogens is 444 g/mol. The Morgan fingerprint density at radius 2 is 1.54 bits per heavy atom. The molecule has 0 bridgehead atoms. The number of aliphatic hydroxyl groups excluding tert-OH is 1. The normalized spacial score (nSPS) is 11.3. The van der Waals surface area contributed by atoms with E-state index in [1.165, 1.54) is 12.0 Å². The number of rotatable bonds is 8. The van der Waals surface area contributed by atoms with Gasteiger partial charge in [-0.05, 0) is 74.1 Å². The third kappa shape index (κ3) is 5.92. The first-order chi connectivity index (χ1) is 16.6. The first-order valence-corrected chi connectivity index (χ1v) is 11.5. The van der Waals surface area contributed by atoms with Crippen LogP contribution in [0.15, 0.2) is 48.5 Å². The van der Waals surface area contributed by atoms with Crippen LogP contribution in [0.25, 0.3) is 11.1 Å². The number of aromatic nitrogens is 1. The Labute approximate surface area is 207 Å². The maximum Gasteiger partial charge on any atom is 0.408 e. The Hall–Kier alpha value is -3.58. The largest absolute Gasteiger partial charge is 0.481 e. The smallest absolute Gasteiger partial charge is 0.408 e. The summed E-state index contributed by atoms with van der Waals surface area (Å²) in [4.78, 5) is 17.5. The SMILES string of the molecule is COc1nc(OCc2cccc(-c3cccc(CO)c3C)c2C)ccc1CN(C(=O)O)C(C)(C)C. The molecule has 0 radical (unpaired) electrons. The lowest BCUT2D eigenvalue weighted by Gasteiger charge is -2.33. The van der Waals surface area contributed by atoms with Gasteiger partial charge in [0.1, 0.15) is 6.61 Å². The summed E-state index contributed by atoms with van der Waals surface area (Å²) in [6.45, 7) is 10.1. The van der Waals surface area contributed by atoms with Crippen LogP contribution in [-0.2, 0) is 19.8 Å². The fourth-order valence-corrected chi connectivity index (χ4v) is 4.02. The predicted molar refractivity (Wildman–Crippen MR) is 136 cm³/mol. The van der Waals surface area contributed by atoms with Gasteiger partial charge in [0, 0.05) is 17.2 Å². The zero-order valence-electron chi connectivity index (χ0n) is 21.3. The summed E-state index contributed by atoms with van der Waals surface area (Å²) in [5.74, 6) is 0.728. The molecular formula is C28H34N2O5. The minimum Gasteiger partial charge on any atom is -0.481 e. The van der Waals surface area contributed by atoms with E-state index in [1.54, 1.807) is 12.1 Å². The van der Waals surface area contributed by atoms with Crippen molar-refractivity contribution in [2.45, 2.75) is 59.9 Å². The molecule has 3 rings (SSSR count). The van der Waals surface area contributed by atoms with Gasteiger partial charge in [0.05, 0.1) is 20.3 Å². The molecule has 0 aliphatic rings. The van der Waals surface area contributed by atoms with Gasteiger partial charge in [0.15, 0.2) is 0 Å². The van der Waals surface area contributed by atoms with Gasteiger partial charge in [-0.25, -0.2) is 4.79 Å². The highest BCUT2D eigenvalue weighted by Crippen LogP contribution is 2.31. The molecule has 0 fully saturated rings. The molecule has 2 aromatic carbocycles. The quantitative estimate of drug-likeness (QED) is 0.430. The number of aliphatic hydroxyl groups is 1. The number of benzene rings is 2. The van der Waals surface area contributed by atoms with E-state index in [0.29, 0.717) is 23.9 Å². The Morgan fingerprint density at radius 3 is 2.09 bits per heavy atom. The number of hydrogen-bond donors (Lipinski definition) is 2. The minimum absolute atomic E-state index is 0.00496. The van der Waals surface area contributed by atoms with Gasteiger partial charge in [0.25, 0.3) is 0 Å². The summed E-state index contributed by atoms with van der Waals surface area (Å²) < 4.78 is 11.4. The lowest BCUT2D eigenvalue weighted by Crippen LogP contribution is -2.44. The molecule has 2 N–H and O–H groups in total. The van der Waals surface area contributed by atoms with E-state index in [4.69, 9.17) is 9.47 Å². The molecule has 0 aliphatic heterocycles. The number of ether oxygens (including phenoxy) is 2. The molecule has 7 heteroatoms. The predicted octanol–water partition coefficient (Wildman–Crippen LogP) is 5.72. The van der Waals surface area contributed by atoms with Crippen molar-refractivity contribution in [1.29, 1.82) is 0 Å². The summed E-state index contributed by atoms with van der Waals surface area (Å²) in [6.07, 6.45) is -1.00. The molecule has 1 heterocycles. The van der Waals surface area contributed by atoms with Crippen LogP contribution >= 0.6 is 0 Å². The summed E-state index contributed by atoms with van der Waals surface area (Å²) in [6, 6.07) is 15.6. The average Bonchev–Trinajstić information content (AvgIpc) is 2.81. The van der Waals surface area contributed by atoms with Gasteiger partial charge >= 0.3 is 6.09 Å². The van der Waals surface area contributed by atoms with Crippen LogP contribution in [0.1, 0.15) is 48.6 Å². The lowest BCUT2D eigenvalue weighted by atomic mass is 9.92. The topological polar surface area (TPSA) is 92.1 Å². The Morgan fingerprint density at radius 1 is 0.943 bits per heavy atom. The van der Waals surface area contributed by atoms with E-state index < -0.39 is 11.6 Å². The number of pyridine rings is 1. The van der Waals surface area contributed by atoms with Gasteiger partial charge in [0.2, 0.25) is 11.8 Å². The minimum atomic E-state index is -1.00. The van der Waals surface area contributed by atoms with Crippen molar-refractivity contribution < 1.29 is 24.5 Å². The summed E-state index contributed by atoms with van der Waals surface area (Å²) in [7, 11) is 1.51. The van der Waals surface area contributed by atoms with E-state index in [1.807, 2.05) is 52.0 Å². The second kappa shape index (κ2) is 10.8. The van der Waals surface area contributed by atoms with Crippen LogP contribution < -0.4 is 9.47 Å². The van der Waals surface area contributed by atoms with E-state index in [9.17, 15) is 15.0 Å². The fraction of sp³-hybridized carbons (Fsp3) is 0.357. The first kappa shape index (κ1) is 26.0. The number of hydrogen-bond acceptors (Lipinski definition) is 5. The van der Waals surface area contributed by atoms with Crippen LogP contribution in [0, 0.1) is 13.8 Å². The number of methoxy groups -OCH3 is 1. The lowest BCUT2D eigenvalue weighted by molar-refractivity contribution is 0.0948. The van der Waals surface area contributed by atoms with Gasteiger partial charge in [-0.15, -0.1) is 0 Å². The van der Waals surface area contributed by atoms with Gasteiger partial charge in [-0.2, -0.15) is 4.98 Å². The zero-order valence-corrected chi connectivity index (χ0v) is 21.3. The van der Waals surface area contributed by atoms with Crippen molar-refractivity contribution in [3.63, 3.8) is 0 Å². The van der Waals surface area contributed by atoms with Gasteiger partial charge < -0.3 is 19.7 Å². The molecule has 0 aliphatic carbocycles. The third-order valence-electron chi connectivity index (χ3n) is 6.20. The second-order valence-corrected chi connectivity index (χ2v) is 9.48. The van der Waals surface area contributed by atoms with E-state index in [-0.39, 0.29) is 13.2 Å². The fourth-order valence-electron chi connectivity index (χ4n) is 4.02. The van der Waals surface area contributed by atoms with Crippen LogP contribution in [-0.4, -0.2) is 38.8 Å². The second-order valence-electron chi connectivity index (χ2n) is 9.48. The molecule has 1 amide bonds. The molecule has 186 valence electrons. The molecule has 35 heavy (non-hydrogen) atoms. The van der Waals surface area contributed by atoms with Crippen LogP contribution in [0.4, 0.5) is 4.79 Å². The van der Waals surface area contributed by atoms with Crippen molar-refractivity contribution in [3.05, 3.63) is 76.3 Å². The third-order valence-corrected chi connectivity index (χ3v) is 6.20. The standard InChI is InChI=1S/C28H34N2O5/c1-18-21(16-31)9-7-11-23(18)24-12-8-10-22(19(24)2)17-35-25-14-13-20(26(29-25)34-6)15-30(27(32)33)28(3,4)5/h7-14,31H,15-17H2,1-6H3,(H,32,33). The van der Waals surface area contributed by atoms with Crippen LogP contribution in [0.2, 0.25) is 0 Å². The van der Waals surface area contributed by atoms with Crippen LogP contribution in [0.3, 0.4) is 0 Å². The van der Waals surface area contributed by atoms with Crippen molar-refractivity contribution in [2.75, 3.05) is 7.11 Å². The highest BCUT2D eigenvalue weighted by molar-refractivity contribution is 5.72. The van der Waals surface area contributed by atoms with E-state index >= 15 is 0 Å². The molecule has 0 saturated heterocycles. The number of carboxylic acid groups (broad SMARTS) is 1. The first-order valence-electron chi connectivity index (χ1n) is 11.5. The molecule has 3 aromatic rings. The van der Waals surface area contributed by atoms with E-state index in [0.717, 1.165) is 33.4 Å². The molecule has 0 spiro atoms. The maximum atomic E-state index is 11.7. The van der Waals surface area contributed by atoms with Crippen molar-refractivity contribution in [2.24, 2.45) is 0 Å². The zero-order chi connectivity index (χ0) is 25.8. The monoisotopic (exact) mass is 478 g/mol. The maximum absolute atomic E-state index is 11.7. The molecule has 7 nitrogen and oxygen atoms in total. The number of nitrogens with zero attached hydrogens (tertiary/aromatic N) is 2.